The Kier molecular flexibility index (Phi) is 2.51. The van der Waals surface area contributed by atoms with Crippen molar-refractivity contribution < 1.29 is 14.9 Å². The van der Waals surface area contributed by atoms with E-state index in [0.717, 1.165) is 4.88 Å². The van der Waals surface area contributed by atoms with Gasteiger partial charge >= 0.3 is 0 Å². The summed E-state index contributed by atoms with van der Waals surface area (Å²) in [5.74, 6) is 0.349. The van der Waals surface area contributed by atoms with Gasteiger partial charge in [0.25, 0.3) is 0 Å². The number of thiophene rings is 1. The first kappa shape index (κ1) is 9.86. The Morgan fingerprint density at radius 1 is 1.20 bits per heavy atom. The largest absolute Gasteiger partial charge is 0.507 e. The van der Waals surface area contributed by atoms with Crippen LogP contribution in [0.5, 0.6) is 17.2 Å². The third-order valence-corrected chi connectivity index (χ3v) is 2.99. The Bertz CT molecular complexity index is 463. The number of hydrogen-bond acceptors (Lipinski definition) is 4. The smallest absolute Gasteiger partial charge is 0.161 e. The molecule has 0 aliphatic carbocycles. The van der Waals surface area contributed by atoms with Crippen LogP contribution in [0.1, 0.15) is 0 Å². The highest BCUT2D eigenvalue weighted by atomic mass is 32.1. The van der Waals surface area contributed by atoms with Crippen molar-refractivity contribution in [3.63, 3.8) is 0 Å². The lowest BCUT2D eigenvalue weighted by atomic mass is 10.1. The molecule has 2 N–H and O–H groups in total. The second-order valence-electron chi connectivity index (χ2n) is 3.02. The summed E-state index contributed by atoms with van der Waals surface area (Å²) in [7, 11) is 1.48. The van der Waals surface area contributed by atoms with Gasteiger partial charge in [-0.15, -0.1) is 11.3 Å². The van der Waals surface area contributed by atoms with Crippen molar-refractivity contribution >= 4 is 11.3 Å². The van der Waals surface area contributed by atoms with Crippen LogP contribution in [0.15, 0.2) is 29.6 Å². The monoisotopic (exact) mass is 222 g/mol. The Morgan fingerprint density at radius 2 is 2.00 bits per heavy atom. The van der Waals surface area contributed by atoms with Crippen molar-refractivity contribution in [2.24, 2.45) is 0 Å². The van der Waals surface area contributed by atoms with Crippen molar-refractivity contribution in [3.8, 4) is 27.7 Å². The number of aromatic hydroxyl groups is 2. The van der Waals surface area contributed by atoms with Crippen LogP contribution in [-0.2, 0) is 0 Å². The maximum atomic E-state index is 9.67. The SMILES string of the molecule is COc1cc(-c2cccs2)c(O)cc1O. The van der Waals surface area contributed by atoms with E-state index in [1.165, 1.54) is 24.5 Å². The number of phenolic OH excluding ortho intramolecular Hbond substituents is 2. The van der Waals surface area contributed by atoms with E-state index >= 15 is 0 Å². The minimum Gasteiger partial charge on any atom is -0.507 e. The van der Waals surface area contributed by atoms with Gasteiger partial charge in [-0.05, 0) is 17.5 Å². The van der Waals surface area contributed by atoms with Crippen LogP contribution >= 0.6 is 11.3 Å². The van der Waals surface area contributed by atoms with Gasteiger partial charge in [0.05, 0.1) is 7.11 Å². The lowest BCUT2D eigenvalue weighted by Crippen LogP contribution is -1.85. The number of hydrogen-bond donors (Lipinski definition) is 2. The molecule has 15 heavy (non-hydrogen) atoms. The highest BCUT2D eigenvalue weighted by Gasteiger charge is 2.11. The van der Waals surface area contributed by atoms with Crippen molar-refractivity contribution in [3.05, 3.63) is 29.6 Å². The zero-order valence-electron chi connectivity index (χ0n) is 8.10. The summed E-state index contributed by atoms with van der Waals surface area (Å²) in [5, 5.41) is 21.0. The molecule has 2 aromatic rings. The van der Waals surface area contributed by atoms with Crippen molar-refractivity contribution in [1.29, 1.82) is 0 Å². The Balaban J connectivity index is 2.57. The molecule has 0 amide bonds. The zero-order valence-corrected chi connectivity index (χ0v) is 8.91. The van der Waals surface area contributed by atoms with Crippen LogP contribution in [-0.4, -0.2) is 17.3 Å². The second kappa shape index (κ2) is 3.82. The summed E-state index contributed by atoms with van der Waals surface area (Å²) in [4.78, 5) is 0.936. The first-order chi connectivity index (χ1) is 7.22. The van der Waals surface area contributed by atoms with Gasteiger partial charge in [0.15, 0.2) is 11.5 Å². The predicted octanol–water partition coefficient (Wildman–Crippen LogP) is 2.83. The molecule has 0 unspecified atom stereocenters. The highest BCUT2D eigenvalue weighted by molar-refractivity contribution is 7.13. The molecule has 2 rings (SSSR count). The second-order valence-corrected chi connectivity index (χ2v) is 3.97. The van der Waals surface area contributed by atoms with Gasteiger partial charge in [0.1, 0.15) is 5.75 Å². The van der Waals surface area contributed by atoms with Crippen molar-refractivity contribution in [2.75, 3.05) is 7.11 Å². The molecule has 0 bridgehead atoms. The van der Waals surface area contributed by atoms with Gasteiger partial charge in [0.2, 0.25) is 0 Å². The quantitative estimate of drug-likeness (QED) is 0.821. The van der Waals surface area contributed by atoms with Crippen LogP contribution in [0.4, 0.5) is 0 Å². The van der Waals surface area contributed by atoms with Crippen molar-refractivity contribution in [2.45, 2.75) is 0 Å². The van der Waals surface area contributed by atoms with Crippen LogP contribution in [0.2, 0.25) is 0 Å². The number of ether oxygens (including phenoxy) is 1. The van der Waals surface area contributed by atoms with Crippen LogP contribution in [0.25, 0.3) is 10.4 Å². The van der Waals surface area contributed by atoms with Crippen LogP contribution < -0.4 is 4.74 Å². The Labute approximate surface area is 91.2 Å². The molecular formula is C11H10O3S. The number of rotatable bonds is 2. The maximum absolute atomic E-state index is 9.67. The molecule has 0 aliphatic heterocycles. The molecule has 0 spiro atoms. The fourth-order valence-corrected chi connectivity index (χ4v) is 2.10. The normalized spacial score (nSPS) is 10.2. The van der Waals surface area contributed by atoms with Gasteiger partial charge in [-0.3, -0.25) is 0 Å². The van der Waals surface area contributed by atoms with Crippen molar-refractivity contribution in [1.82, 2.24) is 0 Å². The maximum Gasteiger partial charge on any atom is 0.161 e. The lowest BCUT2D eigenvalue weighted by molar-refractivity contribution is 0.370. The van der Waals surface area contributed by atoms with E-state index in [2.05, 4.69) is 0 Å². The molecule has 1 aromatic carbocycles. The molecular weight excluding hydrogens is 212 g/mol. The summed E-state index contributed by atoms with van der Waals surface area (Å²) in [6.45, 7) is 0. The van der Waals surface area contributed by atoms with Gasteiger partial charge in [0, 0.05) is 16.5 Å². The minimum absolute atomic E-state index is 0.0516. The van der Waals surface area contributed by atoms with Gasteiger partial charge in [-0.1, -0.05) is 6.07 Å². The lowest BCUT2D eigenvalue weighted by Gasteiger charge is -2.07. The van der Waals surface area contributed by atoms with E-state index in [1.54, 1.807) is 6.07 Å². The third kappa shape index (κ3) is 1.76. The predicted molar refractivity (Wildman–Crippen MR) is 59.6 cm³/mol. The van der Waals surface area contributed by atoms with Gasteiger partial charge < -0.3 is 14.9 Å². The fraction of sp³-hybridized carbons (Fsp3) is 0.0909. The third-order valence-electron chi connectivity index (χ3n) is 2.08. The number of methoxy groups -OCH3 is 1. The topological polar surface area (TPSA) is 49.7 Å². The van der Waals surface area contributed by atoms with Gasteiger partial charge in [-0.2, -0.15) is 0 Å². The molecule has 1 aromatic heterocycles. The number of phenols is 2. The fourth-order valence-electron chi connectivity index (χ4n) is 1.35. The molecule has 1 heterocycles. The Morgan fingerprint density at radius 3 is 2.60 bits per heavy atom. The minimum atomic E-state index is -0.0599. The summed E-state index contributed by atoms with van der Waals surface area (Å²) < 4.78 is 4.98. The molecule has 4 heteroatoms. The van der Waals surface area contributed by atoms with E-state index in [9.17, 15) is 10.2 Å². The zero-order chi connectivity index (χ0) is 10.8. The van der Waals surface area contributed by atoms with E-state index in [1.807, 2.05) is 17.5 Å². The summed E-state index contributed by atoms with van der Waals surface area (Å²) >= 11 is 1.52. The molecule has 0 aliphatic rings. The molecule has 0 saturated carbocycles. The van der Waals surface area contributed by atoms with E-state index < -0.39 is 0 Å². The first-order valence-corrected chi connectivity index (χ1v) is 5.24. The molecule has 0 fully saturated rings. The molecule has 0 radical (unpaired) electrons. The Hall–Kier alpha value is -1.68. The standard InChI is InChI=1S/C11H10O3S/c1-14-10-5-7(8(12)6-9(10)13)11-3-2-4-15-11/h2-6,12-13H,1H3. The van der Waals surface area contributed by atoms with E-state index in [4.69, 9.17) is 4.74 Å². The highest BCUT2D eigenvalue weighted by Crippen LogP contribution is 2.40. The van der Waals surface area contributed by atoms with Crippen LogP contribution in [0.3, 0.4) is 0 Å². The average molecular weight is 222 g/mol. The molecule has 3 nitrogen and oxygen atoms in total. The molecule has 0 saturated heterocycles. The first-order valence-electron chi connectivity index (χ1n) is 4.36. The summed E-state index contributed by atoms with van der Waals surface area (Å²) in [6, 6.07) is 6.71. The van der Waals surface area contributed by atoms with E-state index in [-0.39, 0.29) is 11.5 Å². The van der Waals surface area contributed by atoms with Gasteiger partial charge in [-0.25, -0.2) is 0 Å². The molecule has 78 valence electrons. The molecule has 0 atom stereocenters. The van der Waals surface area contributed by atoms with E-state index in [0.29, 0.717) is 11.3 Å². The summed E-state index contributed by atoms with van der Waals surface area (Å²) in [6.07, 6.45) is 0. The summed E-state index contributed by atoms with van der Waals surface area (Å²) in [5.41, 5.74) is 0.666. The average Bonchev–Trinajstić information content (AvgIpc) is 2.71. The van der Waals surface area contributed by atoms with Crippen LogP contribution in [0, 0.1) is 0 Å². The number of benzene rings is 1.